The smallest absolute Gasteiger partial charge is 0.159 e. The van der Waals surface area contributed by atoms with Gasteiger partial charge in [-0.25, -0.2) is 9.67 Å². The van der Waals surface area contributed by atoms with E-state index in [1.54, 1.807) is 18.6 Å². The van der Waals surface area contributed by atoms with Gasteiger partial charge in [0.05, 0.1) is 11.9 Å². The maximum Gasteiger partial charge on any atom is 0.159 e. The van der Waals surface area contributed by atoms with Crippen molar-refractivity contribution in [1.29, 1.82) is 0 Å². The van der Waals surface area contributed by atoms with Crippen molar-refractivity contribution in [2.75, 3.05) is 0 Å². The average molecular weight is 301 g/mol. The van der Waals surface area contributed by atoms with E-state index < -0.39 is 0 Å². The van der Waals surface area contributed by atoms with Gasteiger partial charge in [0.25, 0.3) is 0 Å². The van der Waals surface area contributed by atoms with E-state index in [0.717, 1.165) is 23.8 Å². The van der Waals surface area contributed by atoms with Crippen molar-refractivity contribution in [3.8, 4) is 17.2 Å². The van der Waals surface area contributed by atoms with Gasteiger partial charge in [0.2, 0.25) is 0 Å². The van der Waals surface area contributed by atoms with E-state index in [1.165, 1.54) is 5.56 Å². The normalized spacial score (nSPS) is 10.8. The minimum atomic E-state index is 0.748. The van der Waals surface area contributed by atoms with Gasteiger partial charge in [0, 0.05) is 31.3 Å². The zero-order chi connectivity index (χ0) is 15.5. The Morgan fingerprint density at radius 1 is 0.826 bits per heavy atom. The number of benzene rings is 1. The Hall–Kier alpha value is -3.21. The number of nitrogens with zero attached hydrogens (tertiary/aromatic N) is 5. The Kier molecular flexibility index (Phi) is 3.44. The van der Waals surface area contributed by atoms with Crippen LogP contribution in [-0.2, 0) is 6.54 Å². The minimum Gasteiger partial charge on any atom is -0.325 e. The number of pyridine rings is 1. The number of hydrogen-bond acceptors (Lipinski definition) is 3. The van der Waals surface area contributed by atoms with E-state index in [-0.39, 0.29) is 0 Å². The van der Waals surface area contributed by atoms with Crippen LogP contribution in [0.4, 0.5) is 0 Å². The van der Waals surface area contributed by atoms with Crippen molar-refractivity contribution in [3.05, 3.63) is 85.1 Å². The van der Waals surface area contributed by atoms with Crippen LogP contribution in [0.25, 0.3) is 17.2 Å². The van der Waals surface area contributed by atoms with Crippen LogP contribution in [0.5, 0.6) is 0 Å². The highest BCUT2D eigenvalue weighted by molar-refractivity contribution is 5.54. The molecule has 4 rings (SSSR count). The van der Waals surface area contributed by atoms with Gasteiger partial charge in [-0.05, 0) is 35.9 Å². The first-order chi connectivity index (χ1) is 11.4. The fourth-order valence-corrected chi connectivity index (χ4v) is 2.60. The molecule has 0 radical (unpaired) electrons. The minimum absolute atomic E-state index is 0.748. The fourth-order valence-electron chi connectivity index (χ4n) is 2.60. The molecule has 1 aromatic carbocycles. The SMILES string of the molecule is c1ccc(-n2nccc2-c2nccn2Cc2ccncc2)cc1. The Morgan fingerprint density at radius 2 is 1.65 bits per heavy atom. The van der Waals surface area contributed by atoms with E-state index in [1.807, 2.05) is 65.6 Å². The Balaban J connectivity index is 1.73. The molecule has 0 atom stereocenters. The number of rotatable bonds is 4. The molecule has 0 unspecified atom stereocenters. The van der Waals surface area contributed by atoms with E-state index in [9.17, 15) is 0 Å². The van der Waals surface area contributed by atoms with Crippen molar-refractivity contribution < 1.29 is 0 Å². The van der Waals surface area contributed by atoms with Crippen LogP contribution in [-0.4, -0.2) is 24.3 Å². The molecule has 5 nitrogen and oxygen atoms in total. The molecule has 0 fully saturated rings. The van der Waals surface area contributed by atoms with Gasteiger partial charge in [-0.15, -0.1) is 0 Å². The lowest BCUT2D eigenvalue weighted by molar-refractivity contribution is 0.788. The van der Waals surface area contributed by atoms with E-state index in [2.05, 4.69) is 19.6 Å². The Morgan fingerprint density at radius 3 is 2.48 bits per heavy atom. The summed E-state index contributed by atoms with van der Waals surface area (Å²) in [6.07, 6.45) is 9.21. The molecule has 4 aromatic rings. The van der Waals surface area contributed by atoms with Gasteiger partial charge >= 0.3 is 0 Å². The zero-order valence-electron chi connectivity index (χ0n) is 12.4. The monoisotopic (exact) mass is 301 g/mol. The first-order valence-corrected chi connectivity index (χ1v) is 7.42. The predicted octanol–water partition coefficient (Wildman–Crippen LogP) is 3.18. The number of aromatic nitrogens is 5. The summed E-state index contributed by atoms with van der Waals surface area (Å²) < 4.78 is 4.02. The highest BCUT2D eigenvalue weighted by Crippen LogP contribution is 2.21. The molecule has 3 heterocycles. The van der Waals surface area contributed by atoms with Crippen LogP contribution in [0.15, 0.2) is 79.5 Å². The second-order valence-corrected chi connectivity index (χ2v) is 5.20. The van der Waals surface area contributed by atoms with Crippen LogP contribution < -0.4 is 0 Å². The summed E-state index contributed by atoms with van der Waals surface area (Å²) in [5.41, 5.74) is 3.17. The molecular weight excluding hydrogens is 286 g/mol. The number of imidazole rings is 1. The highest BCUT2D eigenvalue weighted by atomic mass is 15.3. The van der Waals surface area contributed by atoms with Crippen molar-refractivity contribution in [2.24, 2.45) is 0 Å². The summed E-state index contributed by atoms with van der Waals surface area (Å²) in [5, 5.41) is 4.44. The van der Waals surface area contributed by atoms with Gasteiger partial charge < -0.3 is 4.57 Å². The lowest BCUT2D eigenvalue weighted by Gasteiger charge is -2.10. The molecule has 0 bridgehead atoms. The third-order valence-corrected chi connectivity index (χ3v) is 3.69. The second-order valence-electron chi connectivity index (χ2n) is 5.20. The second kappa shape index (κ2) is 5.88. The Bertz CT molecular complexity index is 893. The van der Waals surface area contributed by atoms with Gasteiger partial charge in [-0.1, -0.05) is 18.2 Å². The molecule has 23 heavy (non-hydrogen) atoms. The summed E-state index contributed by atoms with van der Waals surface area (Å²) in [7, 11) is 0. The molecule has 112 valence electrons. The van der Waals surface area contributed by atoms with Crippen LogP contribution >= 0.6 is 0 Å². The van der Waals surface area contributed by atoms with Gasteiger partial charge in [0.15, 0.2) is 5.82 Å². The summed E-state index contributed by atoms with van der Waals surface area (Å²) in [5.74, 6) is 0.892. The van der Waals surface area contributed by atoms with Crippen LogP contribution in [0.2, 0.25) is 0 Å². The van der Waals surface area contributed by atoms with Crippen LogP contribution in [0, 0.1) is 0 Å². The highest BCUT2D eigenvalue weighted by Gasteiger charge is 2.12. The molecule has 0 aliphatic heterocycles. The molecule has 0 spiro atoms. The zero-order valence-corrected chi connectivity index (χ0v) is 12.4. The molecule has 0 saturated carbocycles. The molecule has 0 aliphatic rings. The molecular formula is C18H15N5. The average Bonchev–Trinajstić information content (AvgIpc) is 3.25. The molecule has 0 saturated heterocycles. The maximum absolute atomic E-state index is 4.53. The fraction of sp³-hybridized carbons (Fsp3) is 0.0556. The van der Waals surface area contributed by atoms with E-state index in [4.69, 9.17) is 0 Å². The predicted molar refractivity (Wildman–Crippen MR) is 88.1 cm³/mol. The van der Waals surface area contributed by atoms with E-state index >= 15 is 0 Å². The lowest BCUT2D eigenvalue weighted by atomic mass is 10.2. The van der Waals surface area contributed by atoms with Crippen molar-refractivity contribution >= 4 is 0 Å². The maximum atomic E-state index is 4.53. The van der Waals surface area contributed by atoms with Crippen molar-refractivity contribution in [2.45, 2.75) is 6.54 Å². The third-order valence-electron chi connectivity index (χ3n) is 3.69. The first kappa shape index (κ1) is 13.5. The summed E-state index contributed by atoms with van der Waals surface area (Å²) >= 11 is 0. The van der Waals surface area contributed by atoms with Gasteiger partial charge in [-0.3, -0.25) is 4.98 Å². The summed E-state index contributed by atoms with van der Waals surface area (Å²) in [6, 6.07) is 16.1. The van der Waals surface area contributed by atoms with E-state index in [0.29, 0.717) is 0 Å². The summed E-state index contributed by atoms with van der Waals surface area (Å²) in [4.78, 5) is 8.59. The number of para-hydroxylation sites is 1. The largest absolute Gasteiger partial charge is 0.325 e. The lowest BCUT2D eigenvalue weighted by Crippen LogP contribution is -2.05. The first-order valence-electron chi connectivity index (χ1n) is 7.42. The molecule has 5 heteroatoms. The quantitative estimate of drug-likeness (QED) is 0.581. The number of hydrogen-bond donors (Lipinski definition) is 0. The third kappa shape index (κ3) is 2.64. The molecule has 3 aromatic heterocycles. The molecule has 0 amide bonds. The molecule has 0 aliphatic carbocycles. The topological polar surface area (TPSA) is 48.5 Å². The van der Waals surface area contributed by atoms with Crippen LogP contribution in [0.1, 0.15) is 5.56 Å². The van der Waals surface area contributed by atoms with Crippen LogP contribution in [0.3, 0.4) is 0 Å². The van der Waals surface area contributed by atoms with Gasteiger partial charge in [0.1, 0.15) is 5.69 Å². The Labute approximate surface area is 133 Å². The molecule has 0 N–H and O–H groups in total. The van der Waals surface area contributed by atoms with Crippen molar-refractivity contribution in [1.82, 2.24) is 24.3 Å². The summed E-state index contributed by atoms with van der Waals surface area (Å²) in [6.45, 7) is 0.748. The van der Waals surface area contributed by atoms with Gasteiger partial charge in [-0.2, -0.15) is 5.10 Å². The standard InChI is InChI=1S/C18H15N5/c1-2-4-16(5-3-1)23-17(8-11-21-23)18-20-12-13-22(18)14-15-6-9-19-10-7-15/h1-13H,14H2. The van der Waals surface area contributed by atoms with Crippen molar-refractivity contribution in [3.63, 3.8) is 0 Å².